The average molecular weight is 497 g/mol. The summed E-state index contributed by atoms with van der Waals surface area (Å²) in [5.41, 5.74) is 2.88. The summed E-state index contributed by atoms with van der Waals surface area (Å²) >= 11 is 0. The molecular weight excluding hydrogens is 463 g/mol. The number of ketones is 1. The zero-order valence-electron chi connectivity index (χ0n) is 20.6. The molecule has 2 aromatic carbocycles. The number of halogens is 1. The fraction of sp³-hybridized carbons (Fsp3) is 0.429. The predicted octanol–water partition coefficient (Wildman–Crippen LogP) is 5.88. The molecule has 0 saturated heterocycles. The Morgan fingerprint density at radius 3 is 2.26 bits per heavy atom. The summed E-state index contributed by atoms with van der Waals surface area (Å²) in [5, 5.41) is 0. The third-order valence-electron chi connectivity index (χ3n) is 7.40. The minimum absolute atomic E-state index is 0.0163. The van der Waals surface area contributed by atoms with E-state index in [2.05, 4.69) is 4.98 Å². The molecule has 1 heterocycles. The second-order valence-electron chi connectivity index (χ2n) is 9.93. The van der Waals surface area contributed by atoms with E-state index in [9.17, 15) is 17.6 Å². The highest BCUT2D eigenvalue weighted by Gasteiger charge is 2.30. The van der Waals surface area contributed by atoms with Crippen molar-refractivity contribution in [3.63, 3.8) is 0 Å². The summed E-state index contributed by atoms with van der Waals surface area (Å²) in [6.45, 7) is 3.97. The van der Waals surface area contributed by atoms with Crippen molar-refractivity contribution in [2.75, 3.05) is 5.75 Å². The van der Waals surface area contributed by atoms with E-state index in [-0.39, 0.29) is 35.1 Å². The molecule has 0 amide bonds. The summed E-state index contributed by atoms with van der Waals surface area (Å²) in [6.07, 6.45) is 5.17. The van der Waals surface area contributed by atoms with Gasteiger partial charge in [-0.1, -0.05) is 19.1 Å². The molecule has 1 aliphatic carbocycles. The van der Waals surface area contributed by atoms with E-state index in [1.807, 2.05) is 37.6 Å². The Morgan fingerprint density at radius 1 is 1.06 bits per heavy atom. The van der Waals surface area contributed by atoms with E-state index < -0.39 is 9.84 Å². The van der Waals surface area contributed by atoms with Gasteiger partial charge in [-0.2, -0.15) is 0 Å². The van der Waals surface area contributed by atoms with Crippen LogP contribution in [0.1, 0.15) is 56.2 Å². The van der Waals surface area contributed by atoms with Crippen molar-refractivity contribution in [3.8, 4) is 11.4 Å². The fourth-order valence-corrected chi connectivity index (χ4v) is 6.71. The Kier molecular flexibility index (Phi) is 7.55. The molecule has 3 aromatic rings. The number of carbonyl (C=O) groups is 1. The molecule has 1 aliphatic rings. The van der Waals surface area contributed by atoms with Gasteiger partial charge in [0.15, 0.2) is 9.84 Å². The minimum Gasteiger partial charge on any atom is -0.331 e. The van der Waals surface area contributed by atoms with Crippen molar-refractivity contribution in [3.05, 3.63) is 71.8 Å². The quantitative estimate of drug-likeness (QED) is 0.391. The Labute approximate surface area is 207 Å². The molecule has 0 bridgehead atoms. The average Bonchev–Trinajstić information content (AvgIpc) is 3.17. The molecule has 1 aromatic heterocycles. The highest BCUT2D eigenvalue weighted by Crippen LogP contribution is 2.34. The lowest BCUT2D eigenvalue weighted by Gasteiger charge is -2.28. The van der Waals surface area contributed by atoms with Gasteiger partial charge in [0.05, 0.1) is 10.6 Å². The van der Waals surface area contributed by atoms with Gasteiger partial charge in [-0.05, 0) is 86.4 Å². The van der Waals surface area contributed by atoms with Crippen LogP contribution in [0.3, 0.4) is 0 Å². The van der Waals surface area contributed by atoms with Gasteiger partial charge in [0.25, 0.3) is 0 Å². The Bertz CT molecular complexity index is 1270. The Morgan fingerprint density at radius 2 is 1.69 bits per heavy atom. The second-order valence-corrected chi connectivity index (χ2v) is 12.0. The smallest absolute Gasteiger partial charge is 0.178 e. The van der Waals surface area contributed by atoms with Gasteiger partial charge in [-0.25, -0.2) is 17.8 Å². The number of rotatable bonds is 8. The standard InChI is InChI=1S/C28H33FN2O3S/c1-19(22-8-12-25(29)13-9-22)16-27(32)23-6-4-21(5-7-23)18-35(33,34)26-14-10-24(11-15-26)28-30-17-20(2)31(28)3/h8-15,17,19,21,23H,4-7,16,18H2,1-3H3/t19-,21?,23?/m0/s1. The molecule has 0 radical (unpaired) electrons. The number of aryl methyl sites for hydroxylation is 1. The number of benzene rings is 2. The normalized spacial score (nSPS) is 19.4. The van der Waals surface area contributed by atoms with Crippen LogP contribution in [0.5, 0.6) is 0 Å². The van der Waals surface area contributed by atoms with Crippen LogP contribution in [0.4, 0.5) is 4.39 Å². The van der Waals surface area contributed by atoms with Gasteiger partial charge in [0.1, 0.15) is 17.4 Å². The molecule has 1 fully saturated rings. The van der Waals surface area contributed by atoms with Crippen molar-refractivity contribution >= 4 is 15.6 Å². The molecule has 0 spiro atoms. The van der Waals surface area contributed by atoms with Crippen LogP contribution in [0.15, 0.2) is 59.6 Å². The minimum atomic E-state index is -3.40. The molecule has 1 saturated carbocycles. The molecule has 5 nitrogen and oxygen atoms in total. The van der Waals surface area contributed by atoms with Crippen molar-refractivity contribution in [1.82, 2.24) is 9.55 Å². The molecule has 4 rings (SSSR count). The molecule has 186 valence electrons. The van der Waals surface area contributed by atoms with Gasteiger partial charge in [-0.15, -0.1) is 0 Å². The van der Waals surface area contributed by atoms with Gasteiger partial charge in [0.2, 0.25) is 0 Å². The van der Waals surface area contributed by atoms with E-state index in [1.165, 1.54) is 12.1 Å². The summed E-state index contributed by atoms with van der Waals surface area (Å²) in [4.78, 5) is 17.6. The number of sulfone groups is 1. The maximum atomic E-state index is 13.2. The highest BCUT2D eigenvalue weighted by atomic mass is 32.2. The third-order valence-corrected chi connectivity index (χ3v) is 9.30. The lowest BCUT2D eigenvalue weighted by atomic mass is 9.78. The van der Waals surface area contributed by atoms with Crippen molar-refractivity contribution in [1.29, 1.82) is 0 Å². The zero-order chi connectivity index (χ0) is 25.2. The number of nitrogens with zero attached hydrogens (tertiary/aromatic N) is 2. The second kappa shape index (κ2) is 10.4. The van der Waals surface area contributed by atoms with Crippen LogP contribution in [0, 0.1) is 24.6 Å². The fourth-order valence-electron chi connectivity index (χ4n) is 5.01. The molecule has 0 aliphatic heterocycles. The lowest BCUT2D eigenvalue weighted by Crippen LogP contribution is -2.26. The summed E-state index contributed by atoms with van der Waals surface area (Å²) in [6, 6.07) is 13.3. The number of carbonyl (C=O) groups excluding carboxylic acids is 1. The molecule has 35 heavy (non-hydrogen) atoms. The summed E-state index contributed by atoms with van der Waals surface area (Å²) in [7, 11) is -1.47. The molecule has 7 heteroatoms. The Hall–Kier alpha value is -2.80. The summed E-state index contributed by atoms with van der Waals surface area (Å²) in [5.74, 6) is 0.957. The van der Waals surface area contributed by atoms with E-state index >= 15 is 0 Å². The van der Waals surface area contributed by atoms with Crippen LogP contribution < -0.4 is 0 Å². The van der Waals surface area contributed by atoms with Crippen molar-refractivity contribution < 1.29 is 17.6 Å². The van der Waals surface area contributed by atoms with Gasteiger partial charge >= 0.3 is 0 Å². The van der Waals surface area contributed by atoms with Crippen LogP contribution in [-0.4, -0.2) is 29.5 Å². The van der Waals surface area contributed by atoms with Crippen molar-refractivity contribution in [2.24, 2.45) is 18.9 Å². The molecule has 1 atom stereocenters. The first kappa shape index (κ1) is 25.3. The maximum Gasteiger partial charge on any atom is 0.178 e. The predicted molar refractivity (Wildman–Crippen MR) is 135 cm³/mol. The number of Topliss-reactive ketones (excluding diaryl/α,β-unsaturated/α-hetero) is 1. The largest absolute Gasteiger partial charge is 0.331 e. The molecule has 0 N–H and O–H groups in total. The van der Waals surface area contributed by atoms with Crippen LogP contribution in [-0.2, 0) is 21.7 Å². The third kappa shape index (κ3) is 5.89. The van der Waals surface area contributed by atoms with E-state index in [1.54, 1.807) is 30.5 Å². The zero-order valence-corrected chi connectivity index (χ0v) is 21.4. The van der Waals surface area contributed by atoms with E-state index in [4.69, 9.17) is 0 Å². The number of hydrogen-bond donors (Lipinski definition) is 0. The SMILES string of the molecule is Cc1cnc(-c2ccc(S(=O)(=O)CC3CCC(C(=O)C[C@H](C)c4ccc(F)cc4)CC3)cc2)n1C. The first-order valence-corrected chi connectivity index (χ1v) is 13.9. The van der Waals surface area contributed by atoms with E-state index in [0.717, 1.165) is 48.3 Å². The Balaban J connectivity index is 1.31. The molecule has 0 unspecified atom stereocenters. The highest BCUT2D eigenvalue weighted by molar-refractivity contribution is 7.91. The van der Waals surface area contributed by atoms with Crippen molar-refractivity contribution in [2.45, 2.75) is 56.8 Å². The lowest BCUT2D eigenvalue weighted by molar-refractivity contribution is -0.124. The van der Waals surface area contributed by atoms with Crippen LogP contribution >= 0.6 is 0 Å². The maximum absolute atomic E-state index is 13.2. The number of aromatic nitrogens is 2. The summed E-state index contributed by atoms with van der Waals surface area (Å²) < 4.78 is 41.2. The topological polar surface area (TPSA) is 69.0 Å². The first-order chi connectivity index (χ1) is 16.6. The van der Waals surface area contributed by atoms with Gasteiger partial charge < -0.3 is 4.57 Å². The van der Waals surface area contributed by atoms with E-state index in [0.29, 0.717) is 11.3 Å². The van der Waals surface area contributed by atoms with Gasteiger partial charge in [-0.3, -0.25) is 4.79 Å². The molecular formula is C28H33FN2O3S. The monoisotopic (exact) mass is 496 g/mol. The van der Waals surface area contributed by atoms with Crippen LogP contribution in [0.25, 0.3) is 11.4 Å². The number of hydrogen-bond acceptors (Lipinski definition) is 4. The first-order valence-electron chi connectivity index (χ1n) is 12.2. The number of imidazole rings is 1. The van der Waals surface area contributed by atoms with Crippen LogP contribution in [0.2, 0.25) is 0 Å². The van der Waals surface area contributed by atoms with Gasteiger partial charge in [0, 0.05) is 36.8 Å².